The molecule has 1 rings (SSSR count). The Labute approximate surface area is 108 Å². The van der Waals surface area contributed by atoms with Gasteiger partial charge in [-0.25, -0.2) is 0 Å². The van der Waals surface area contributed by atoms with Crippen LogP contribution in [-0.4, -0.2) is 5.71 Å². The maximum absolute atomic E-state index is 7.88. The van der Waals surface area contributed by atoms with E-state index >= 15 is 0 Å². The summed E-state index contributed by atoms with van der Waals surface area (Å²) in [5, 5.41) is 7.88. The minimum Gasteiger partial charge on any atom is -0.402 e. The van der Waals surface area contributed by atoms with Gasteiger partial charge in [0.15, 0.2) is 0 Å². The second-order valence-electron chi connectivity index (χ2n) is 4.11. The van der Waals surface area contributed by atoms with Crippen molar-refractivity contribution in [3.63, 3.8) is 0 Å². The molecule has 0 atom stereocenters. The number of nitrogens with two attached hydrogens (primary N) is 1. The van der Waals surface area contributed by atoms with Gasteiger partial charge in [0, 0.05) is 17.3 Å². The molecule has 0 aromatic rings. The predicted octanol–water partition coefficient (Wildman–Crippen LogP) is 4.67. The number of hydrogen-bond donors (Lipinski definition) is 2. The van der Waals surface area contributed by atoms with Crippen molar-refractivity contribution in [2.24, 2.45) is 11.7 Å². The van der Waals surface area contributed by atoms with Crippen LogP contribution in [0.2, 0.25) is 0 Å². The van der Waals surface area contributed by atoms with Crippen LogP contribution in [0.15, 0.2) is 23.9 Å². The Kier molecular flexibility index (Phi) is 12.3. The molecule has 1 fully saturated rings. The quantitative estimate of drug-likeness (QED) is 0.533. The van der Waals surface area contributed by atoms with Gasteiger partial charge in [-0.1, -0.05) is 32.8 Å². The topological polar surface area (TPSA) is 49.9 Å². The van der Waals surface area contributed by atoms with Crippen molar-refractivity contribution in [2.45, 2.75) is 60.3 Å². The fourth-order valence-corrected chi connectivity index (χ4v) is 1.73. The Morgan fingerprint density at radius 2 is 1.59 bits per heavy atom. The Balaban J connectivity index is 0. The summed E-state index contributed by atoms with van der Waals surface area (Å²) in [6.07, 6.45) is 6.68. The van der Waals surface area contributed by atoms with Crippen molar-refractivity contribution in [3.8, 4) is 0 Å². The second-order valence-corrected chi connectivity index (χ2v) is 4.11. The van der Waals surface area contributed by atoms with Crippen LogP contribution in [-0.2, 0) is 0 Å². The van der Waals surface area contributed by atoms with E-state index in [0.29, 0.717) is 5.92 Å². The van der Waals surface area contributed by atoms with E-state index in [4.69, 9.17) is 11.1 Å². The van der Waals surface area contributed by atoms with Crippen molar-refractivity contribution < 1.29 is 0 Å². The fourth-order valence-electron chi connectivity index (χ4n) is 1.73. The summed E-state index contributed by atoms with van der Waals surface area (Å²) in [7, 11) is 0. The van der Waals surface area contributed by atoms with Crippen molar-refractivity contribution in [1.29, 1.82) is 5.41 Å². The van der Waals surface area contributed by atoms with Crippen molar-refractivity contribution >= 4 is 5.71 Å². The highest BCUT2D eigenvalue weighted by atomic mass is 14.6. The maximum Gasteiger partial charge on any atom is 0.0390 e. The van der Waals surface area contributed by atoms with Crippen LogP contribution >= 0.6 is 0 Å². The average Bonchev–Trinajstić information content (AvgIpc) is 2.84. The third-order valence-electron chi connectivity index (χ3n) is 2.76. The zero-order valence-electron chi connectivity index (χ0n) is 12.3. The lowest BCUT2D eigenvalue weighted by molar-refractivity contribution is 0.722. The van der Waals surface area contributed by atoms with Crippen LogP contribution in [0.5, 0.6) is 0 Å². The third kappa shape index (κ3) is 7.78. The van der Waals surface area contributed by atoms with E-state index in [-0.39, 0.29) is 0 Å². The zero-order chi connectivity index (χ0) is 13.8. The fraction of sp³-hybridized carbons (Fsp3) is 0.667. The van der Waals surface area contributed by atoms with E-state index in [9.17, 15) is 0 Å². The van der Waals surface area contributed by atoms with E-state index in [1.165, 1.54) is 25.7 Å². The van der Waals surface area contributed by atoms with Gasteiger partial charge in [-0.3, -0.25) is 0 Å². The molecular formula is C15H30N2. The largest absolute Gasteiger partial charge is 0.402 e. The molecule has 0 aliphatic heterocycles. The number of nitrogens with one attached hydrogen (secondary N) is 1. The molecule has 0 saturated heterocycles. The SMILES string of the molecule is C/C(N)=C(\C)C(=N)C1CCCC1.C=CC.CC. The van der Waals surface area contributed by atoms with Gasteiger partial charge < -0.3 is 11.1 Å². The van der Waals surface area contributed by atoms with E-state index < -0.39 is 0 Å². The molecule has 1 aliphatic rings. The molecule has 3 N–H and O–H groups in total. The molecule has 0 heterocycles. The van der Waals surface area contributed by atoms with Crippen LogP contribution in [0.1, 0.15) is 60.3 Å². The first kappa shape index (κ1) is 18.3. The molecule has 2 nitrogen and oxygen atoms in total. The minimum absolute atomic E-state index is 0.489. The summed E-state index contributed by atoms with van der Waals surface area (Å²) < 4.78 is 0. The van der Waals surface area contributed by atoms with Crippen LogP contribution in [0.25, 0.3) is 0 Å². The van der Waals surface area contributed by atoms with Gasteiger partial charge in [-0.15, -0.1) is 6.58 Å². The second kappa shape index (κ2) is 11.4. The van der Waals surface area contributed by atoms with Crippen LogP contribution in [0.4, 0.5) is 0 Å². The molecule has 0 bridgehead atoms. The first-order valence-electron chi connectivity index (χ1n) is 6.63. The van der Waals surface area contributed by atoms with Crippen LogP contribution < -0.4 is 5.73 Å². The first-order chi connectivity index (χ1) is 8.04. The van der Waals surface area contributed by atoms with Gasteiger partial charge in [-0.2, -0.15) is 0 Å². The summed E-state index contributed by atoms with van der Waals surface area (Å²) in [6, 6.07) is 0. The predicted molar refractivity (Wildman–Crippen MR) is 79.5 cm³/mol. The van der Waals surface area contributed by atoms with E-state index in [1.54, 1.807) is 6.08 Å². The van der Waals surface area contributed by atoms with Crippen LogP contribution in [0.3, 0.4) is 0 Å². The van der Waals surface area contributed by atoms with E-state index in [0.717, 1.165) is 17.0 Å². The van der Waals surface area contributed by atoms with Crippen LogP contribution in [0, 0.1) is 11.3 Å². The molecule has 0 aromatic carbocycles. The Morgan fingerprint density at radius 1 is 1.24 bits per heavy atom. The standard InChI is InChI=1S/C10H18N2.C3H6.C2H6/c1-7(8(2)11)10(12)9-5-3-4-6-9;1-3-2;1-2/h9,12H,3-6,11H2,1-2H3;3H,1H2,2H3;1-2H3/b8-7-,12-10?;;. The summed E-state index contributed by atoms with van der Waals surface area (Å²) >= 11 is 0. The highest BCUT2D eigenvalue weighted by Gasteiger charge is 2.20. The normalized spacial score (nSPS) is 15.8. The summed E-state index contributed by atoms with van der Waals surface area (Å²) in [5.74, 6) is 0.489. The van der Waals surface area contributed by atoms with E-state index in [1.807, 2.05) is 34.6 Å². The van der Waals surface area contributed by atoms with Gasteiger partial charge in [0.05, 0.1) is 0 Å². The number of rotatable bonds is 2. The molecule has 2 heteroatoms. The summed E-state index contributed by atoms with van der Waals surface area (Å²) in [4.78, 5) is 0. The molecule has 100 valence electrons. The molecule has 1 aliphatic carbocycles. The number of allylic oxidation sites excluding steroid dienone is 3. The molecule has 0 radical (unpaired) electrons. The lowest BCUT2D eigenvalue weighted by Crippen LogP contribution is -2.14. The molecule has 0 amide bonds. The lowest BCUT2D eigenvalue weighted by atomic mass is 9.95. The monoisotopic (exact) mass is 238 g/mol. The molecular weight excluding hydrogens is 208 g/mol. The van der Waals surface area contributed by atoms with E-state index in [2.05, 4.69) is 6.58 Å². The molecule has 0 unspecified atom stereocenters. The smallest absolute Gasteiger partial charge is 0.0390 e. The summed E-state index contributed by atoms with van der Waals surface area (Å²) in [6.45, 7) is 13.1. The average molecular weight is 238 g/mol. The highest BCUT2D eigenvalue weighted by Crippen LogP contribution is 2.28. The minimum atomic E-state index is 0.489. The maximum atomic E-state index is 7.88. The zero-order valence-corrected chi connectivity index (χ0v) is 12.3. The Morgan fingerprint density at radius 3 is 1.88 bits per heavy atom. The van der Waals surface area contributed by atoms with Gasteiger partial charge in [0.2, 0.25) is 0 Å². The number of hydrogen-bond acceptors (Lipinski definition) is 2. The van der Waals surface area contributed by atoms with Gasteiger partial charge >= 0.3 is 0 Å². The molecule has 0 aromatic heterocycles. The van der Waals surface area contributed by atoms with Gasteiger partial charge in [0.25, 0.3) is 0 Å². The first-order valence-corrected chi connectivity index (χ1v) is 6.63. The Bertz CT molecular complexity index is 242. The van der Waals surface area contributed by atoms with Gasteiger partial charge in [-0.05, 0) is 39.2 Å². The van der Waals surface area contributed by atoms with Crippen molar-refractivity contribution in [3.05, 3.63) is 23.9 Å². The third-order valence-corrected chi connectivity index (χ3v) is 2.76. The molecule has 0 spiro atoms. The van der Waals surface area contributed by atoms with Gasteiger partial charge in [0.1, 0.15) is 0 Å². The Hall–Kier alpha value is -1.05. The lowest BCUT2D eigenvalue weighted by Gasteiger charge is -2.12. The van der Waals surface area contributed by atoms with Crippen molar-refractivity contribution in [1.82, 2.24) is 0 Å². The molecule has 1 saturated carbocycles. The summed E-state index contributed by atoms with van der Waals surface area (Å²) in [5.41, 5.74) is 8.20. The van der Waals surface area contributed by atoms with Crippen molar-refractivity contribution in [2.75, 3.05) is 0 Å². The highest BCUT2D eigenvalue weighted by molar-refractivity contribution is 5.99. The molecule has 17 heavy (non-hydrogen) atoms.